The fourth-order valence-corrected chi connectivity index (χ4v) is 4.79. The van der Waals surface area contributed by atoms with Crippen LogP contribution in [0.2, 0.25) is 0 Å². The first-order chi connectivity index (χ1) is 17.5. The number of hydrogen-bond donors (Lipinski definition) is 1. The van der Waals surface area contributed by atoms with E-state index in [4.69, 9.17) is 4.74 Å². The lowest BCUT2D eigenvalue weighted by Gasteiger charge is -2.35. The van der Waals surface area contributed by atoms with Crippen LogP contribution in [0, 0.1) is 11.8 Å². The van der Waals surface area contributed by atoms with E-state index in [0.717, 1.165) is 37.4 Å². The predicted octanol–water partition coefficient (Wildman–Crippen LogP) is 4.28. The quantitative estimate of drug-likeness (QED) is 0.380. The Labute approximate surface area is 212 Å². The molecule has 1 N–H and O–H groups in total. The Kier molecular flexibility index (Phi) is 7.04. The van der Waals surface area contributed by atoms with Crippen molar-refractivity contribution >= 4 is 0 Å². The molecule has 0 bridgehead atoms. The Balaban J connectivity index is 1.30. The minimum Gasteiger partial charge on any atom is -0.486 e. The zero-order chi connectivity index (χ0) is 25.0. The minimum atomic E-state index is -0.167. The molecule has 36 heavy (non-hydrogen) atoms. The van der Waals surface area contributed by atoms with Gasteiger partial charge in [0, 0.05) is 23.4 Å². The van der Waals surface area contributed by atoms with E-state index < -0.39 is 0 Å². The lowest BCUT2D eigenvalue weighted by atomic mass is 9.68. The van der Waals surface area contributed by atoms with Gasteiger partial charge in [-0.05, 0) is 65.9 Å². The molecule has 186 valence electrons. The predicted molar refractivity (Wildman–Crippen MR) is 138 cm³/mol. The lowest BCUT2D eigenvalue weighted by molar-refractivity contribution is 0.295. The van der Waals surface area contributed by atoms with Crippen LogP contribution in [0.25, 0.3) is 11.4 Å². The van der Waals surface area contributed by atoms with E-state index in [9.17, 15) is 0 Å². The van der Waals surface area contributed by atoms with Crippen molar-refractivity contribution in [3.05, 3.63) is 83.9 Å². The Morgan fingerprint density at radius 3 is 2.36 bits per heavy atom. The summed E-state index contributed by atoms with van der Waals surface area (Å²) in [6.45, 7) is 10.1. The third-order valence-corrected chi connectivity index (χ3v) is 7.38. The Morgan fingerprint density at radius 1 is 1.03 bits per heavy atom. The zero-order valence-corrected chi connectivity index (χ0v) is 21.1. The number of rotatable bonds is 9. The highest BCUT2D eigenvalue weighted by Crippen LogP contribution is 2.40. The van der Waals surface area contributed by atoms with Crippen LogP contribution in [0.4, 0.5) is 0 Å². The van der Waals surface area contributed by atoms with Crippen LogP contribution in [0.5, 0.6) is 5.75 Å². The molecule has 1 unspecified atom stereocenters. The number of benzene rings is 2. The van der Waals surface area contributed by atoms with E-state index in [1.165, 1.54) is 11.1 Å². The van der Waals surface area contributed by atoms with Crippen LogP contribution in [0.1, 0.15) is 44.1 Å². The highest BCUT2D eigenvalue weighted by molar-refractivity contribution is 5.56. The SMILES string of the molecule is CC(C)C(C)(c1ccc(OCc2ncccn2)cc1)c1ccc(-c2nnn(C[C@@H]3CCNC3)n2)cc1. The van der Waals surface area contributed by atoms with Gasteiger partial charge in [-0.3, -0.25) is 0 Å². The highest BCUT2D eigenvalue weighted by atomic mass is 16.5. The van der Waals surface area contributed by atoms with Gasteiger partial charge in [0.1, 0.15) is 12.4 Å². The molecule has 0 amide bonds. The molecule has 2 aromatic carbocycles. The van der Waals surface area contributed by atoms with Gasteiger partial charge in [0.05, 0.1) is 6.54 Å². The summed E-state index contributed by atoms with van der Waals surface area (Å²) in [7, 11) is 0. The number of tetrazole rings is 1. The first-order valence-electron chi connectivity index (χ1n) is 12.6. The highest BCUT2D eigenvalue weighted by Gasteiger charge is 2.32. The first-order valence-corrected chi connectivity index (χ1v) is 12.6. The summed E-state index contributed by atoms with van der Waals surface area (Å²) in [5.41, 5.74) is 3.30. The van der Waals surface area contributed by atoms with Gasteiger partial charge in [-0.1, -0.05) is 57.2 Å². The summed E-state index contributed by atoms with van der Waals surface area (Å²) in [5, 5.41) is 16.6. The van der Waals surface area contributed by atoms with Crippen molar-refractivity contribution < 1.29 is 4.74 Å². The van der Waals surface area contributed by atoms with E-state index in [0.29, 0.717) is 30.1 Å². The monoisotopic (exact) mass is 483 g/mol. The van der Waals surface area contributed by atoms with Crippen molar-refractivity contribution in [1.29, 1.82) is 0 Å². The van der Waals surface area contributed by atoms with Gasteiger partial charge in [-0.25, -0.2) is 9.97 Å². The summed E-state index contributed by atoms with van der Waals surface area (Å²) in [6, 6.07) is 18.7. The van der Waals surface area contributed by atoms with Gasteiger partial charge in [0.2, 0.25) is 5.82 Å². The van der Waals surface area contributed by atoms with Crippen LogP contribution in [-0.4, -0.2) is 43.3 Å². The molecule has 3 heterocycles. The van der Waals surface area contributed by atoms with E-state index in [1.54, 1.807) is 23.3 Å². The van der Waals surface area contributed by atoms with Gasteiger partial charge in [-0.15, -0.1) is 10.2 Å². The maximum atomic E-state index is 5.88. The van der Waals surface area contributed by atoms with Crippen molar-refractivity contribution in [1.82, 2.24) is 35.5 Å². The summed E-state index contributed by atoms with van der Waals surface area (Å²) in [6.07, 6.45) is 4.61. The van der Waals surface area contributed by atoms with Crippen molar-refractivity contribution in [3.8, 4) is 17.1 Å². The molecule has 8 heteroatoms. The molecule has 0 saturated carbocycles. The van der Waals surface area contributed by atoms with Gasteiger partial charge in [-0.2, -0.15) is 4.80 Å². The average molecular weight is 484 g/mol. The Morgan fingerprint density at radius 2 is 1.72 bits per heavy atom. The summed E-state index contributed by atoms with van der Waals surface area (Å²) in [4.78, 5) is 10.2. The smallest absolute Gasteiger partial charge is 0.204 e. The first kappa shape index (κ1) is 24.1. The van der Waals surface area contributed by atoms with E-state index in [-0.39, 0.29) is 5.41 Å². The van der Waals surface area contributed by atoms with Crippen LogP contribution in [0.3, 0.4) is 0 Å². The van der Waals surface area contributed by atoms with E-state index in [2.05, 4.69) is 87.9 Å². The van der Waals surface area contributed by atoms with Crippen LogP contribution in [0.15, 0.2) is 67.0 Å². The number of ether oxygens (including phenoxy) is 1. The molecule has 2 aromatic heterocycles. The number of aromatic nitrogens is 6. The molecule has 8 nitrogen and oxygen atoms in total. The molecule has 1 aliphatic rings. The molecule has 4 aromatic rings. The Hall–Kier alpha value is -3.65. The number of nitrogens with one attached hydrogen (secondary N) is 1. The van der Waals surface area contributed by atoms with Crippen molar-refractivity contribution in [3.63, 3.8) is 0 Å². The summed E-state index contributed by atoms with van der Waals surface area (Å²) in [5.74, 6) is 3.09. The molecule has 0 aliphatic carbocycles. The fraction of sp³-hybridized carbons (Fsp3) is 0.393. The second-order valence-electron chi connectivity index (χ2n) is 9.94. The second kappa shape index (κ2) is 10.5. The van der Waals surface area contributed by atoms with Gasteiger partial charge in [0.15, 0.2) is 5.82 Å². The fourth-order valence-electron chi connectivity index (χ4n) is 4.79. The minimum absolute atomic E-state index is 0.167. The molecule has 0 radical (unpaired) electrons. The topological polar surface area (TPSA) is 90.6 Å². The van der Waals surface area contributed by atoms with Gasteiger partial charge >= 0.3 is 0 Å². The molecule has 5 rings (SSSR count). The molecule has 1 aliphatic heterocycles. The van der Waals surface area contributed by atoms with Crippen molar-refractivity contribution in [2.24, 2.45) is 11.8 Å². The zero-order valence-electron chi connectivity index (χ0n) is 21.1. The molecular formula is C28H33N7O. The second-order valence-corrected chi connectivity index (χ2v) is 9.94. The summed E-state index contributed by atoms with van der Waals surface area (Å²) < 4.78 is 5.88. The third kappa shape index (κ3) is 5.14. The molecule has 2 atom stereocenters. The number of hydrogen-bond acceptors (Lipinski definition) is 7. The van der Waals surface area contributed by atoms with Crippen LogP contribution < -0.4 is 10.1 Å². The molecule has 1 saturated heterocycles. The van der Waals surface area contributed by atoms with E-state index in [1.807, 2.05) is 12.1 Å². The summed E-state index contributed by atoms with van der Waals surface area (Å²) >= 11 is 0. The van der Waals surface area contributed by atoms with Crippen molar-refractivity contribution in [2.45, 2.75) is 45.8 Å². The van der Waals surface area contributed by atoms with E-state index >= 15 is 0 Å². The molecule has 0 spiro atoms. The van der Waals surface area contributed by atoms with Gasteiger partial charge < -0.3 is 10.1 Å². The molecule has 1 fully saturated rings. The average Bonchev–Trinajstić information content (AvgIpc) is 3.61. The van der Waals surface area contributed by atoms with Gasteiger partial charge in [0.25, 0.3) is 0 Å². The standard InChI is InChI=1S/C28H33N7O/c1-20(2)28(3,24-9-11-25(12-10-24)36-19-26-30-14-4-15-31-26)23-7-5-22(6-8-23)27-32-34-35(33-27)18-21-13-16-29-17-21/h4-12,14-15,20-21,29H,13,16-19H2,1-3H3/t21-,28?/m1/s1. The maximum Gasteiger partial charge on any atom is 0.204 e. The Bertz CT molecular complexity index is 1250. The largest absolute Gasteiger partial charge is 0.486 e. The maximum absolute atomic E-state index is 5.88. The number of nitrogens with zero attached hydrogens (tertiary/aromatic N) is 6. The van der Waals surface area contributed by atoms with Crippen molar-refractivity contribution in [2.75, 3.05) is 13.1 Å². The van der Waals surface area contributed by atoms with Crippen LogP contribution >= 0.6 is 0 Å². The van der Waals surface area contributed by atoms with Crippen LogP contribution in [-0.2, 0) is 18.6 Å². The molecular weight excluding hydrogens is 450 g/mol. The third-order valence-electron chi connectivity index (χ3n) is 7.38. The normalized spacial score (nSPS) is 17.3. The lowest BCUT2D eigenvalue weighted by Crippen LogP contribution is -2.30.